The number of carbonyl (C=O) groups excluding carboxylic acids is 1. The molecule has 0 spiro atoms. The highest BCUT2D eigenvalue weighted by molar-refractivity contribution is 7.89. The summed E-state index contributed by atoms with van der Waals surface area (Å²) in [5, 5.41) is 0.654. The van der Waals surface area contributed by atoms with Crippen LogP contribution in [0.4, 0.5) is 0 Å². The van der Waals surface area contributed by atoms with Crippen molar-refractivity contribution in [3.05, 3.63) is 53.1 Å². The average molecular weight is 479 g/mol. The molecule has 4 rings (SSSR count). The van der Waals surface area contributed by atoms with Crippen LogP contribution in [0.2, 0.25) is 5.02 Å². The molecule has 2 aliphatic heterocycles. The van der Waals surface area contributed by atoms with Gasteiger partial charge in [-0.05, 0) is 49.6 Å². The van der Waals surface area contributed by atoms with Gasteiger partial charge in [-0.25, -0.2) is 8.42 Å². The van der Waals surface area contributed by atoms with Crippen LogP contribution >= 0.6 is 11.6 Å². The second kappa shape index (κ2) is 9.29. The third kappa shape index (κ3) is 4.58. The first kappa shape index (κ1) is 22.9. The van der Waals surface area contributed by atoms with Crippen molar-refractivity contribution in [1.29, 1.82) is 0 Å². The van der Waals surface area contributed by atoms with E-state index in [2.05, 4.69) is 0 Å². The molecule has 2 heterocycles. The first-order valence-electron chi connectivity index (χ1n) is 10.7. The van der Waals surface area contributed by atoms with Crippen molar-refractivity contribution in [2.24, 2.45) is 5.92 Å². The molecule has 0 N–H and O–H groups in total. The lowest BCUT2D eigenvalue weighted by Gasteiger charge is -2.34. The maximum Gasteiger partial charge on any atom is 0.243 e. The molecular formula is C23H27ClN2O5S. The lowest BCUT2D eigenvalue weighted by molar-refractivity contribution is -0.137. The van der Waals surface area contributed by atoms with Crippen molar-refractivity contribution in [2.45, 2.75) is 30.7 Å². The summed E-state index contributed by atoms with van der Waals surface area (Å²) in [5.41, 5.74) is 1.00. The fourth-order valence-corrected chi connectivity index (χ4v) is 5.73. The van der Waals surface area contributed by atoms with Gasteiger partial charge in [0.05, 0.1) is 10.9 Å². The van der Waals surface area contributed by atoms with Gasteiger partial charge in [-0.15, -0.1) is 0 Å². The molecule has 2 aromatic rings. The summed E-state index contributed by atoms with van der Waals surface area (Å²) in [5.74, 6) is 0.822. The van der Waals surface area contributed by atoms with Gasteiger partial charge in [0.1, 0.15) is 13.2 Å². The number of ether oxygens (including phenoxy) is 2. The lowest BCUT2D eigenvalue weighted by Crippen LogP contribution is -2.44. The smallest absolute Gasteiger partial charge is 0.243 e. The van der Waals surface area contributed by atoms with Crippen LogP contribution in [-0.2, 0) is 14.8 Å². The third-order valence-electron chi connectivity index (χ3n) is 6.24. The van der Waals surface area contributed by atoms with Crippen LogP contribution in [0.1, 0.15) is 31.4 Å². The summed E-state index contributed by atoms with van der Waals surface area (Å²) in [6.45, 7) is 3.42. The number of rotatable bonds is 5. The van der Waals surface area contributed by atoms with Gasteiger partial charge >= 0.3 is 0 Å². The van der Waals surface area contributed by atoms with Gasteiger partial charge in [0.25, 0.3) is 0 Å². The first-order chi connectivity index (χ1) is 15.3. The van der Waals surface area contributed by atoms with E-state index in [1.54, 1.807) is 24.1 Å². The number of halogens is 1. The van der Waals surface area contributed by atoms with Crippen LogP contribution in [0.15, 0.2) is 47.4 Å². The minimum Gasteiger partial charge on any atom is -0.486 e. The molecule has 1 atom stereocenters. The summed E-state index contributed by atoms with van der Waals surface area (Å²) < 4.78 is 38.7. The van der Waals surface area contributed by atoms with E-state index in [0.717, 1.165) is 5.56 Å². The Hall–Kier alpha value is -2.29. The number of piperidine rings is 1. The van der Waals surface area contributed by atoms with E-state index in [4.69, 9.17) is 21.1 Å². The monoisotopic (exact) mass is 478 g/mol. The zero-order chi connectivity index (χ0) is 22.9. The Morgan fingerprint density at radius 1 is 1.06 bits per heavy atom. The van der Waals surface area contributed by atoms with Crippen molar-refractivity contribution in [3.8, 4) is 11.5 Å². The molecule has 0 aromatic heterocycles. The van der Waals surface area contributed by atoms with Gasteiger partial charge in [0, 0.05) is 37.1 Å². The van der Waals surface area contributed by atoms with Crippen molar-refractivity contribution in [3.63, 3.8) is 0 Å². The molecule has 2 aliphatic rings. The van der Waals surface area contributed by atoms with Gasteiger partial charge in [0.15, 0.2) is 11.5 Å². The summed E-state index contributed by atoms with van der Waals surface area (Å²) in [6.07, 6.45) is 0.973. The molecule has 0 radical (unpaired) electrons. The molecule has 1 unspecified atom stereocenters. The molecule has 9 heteroatoms. The van der Waals surface area contributed by atoms with Gasteiger partial charge in [-0.1, -0.05) is 23.7 Å². The molecule has 1 amide bonds. The van der Waals surface area contributed by atoms with Crippen LogP contribution in [0.3, 0.4) is 0 Å². The fraction of sp³-hybridized carbons (Fsp3) is 0.435. The number of carbonyl (C=O) groups is 1. The average Bonchev–Trinajstić information content (AvgIpc) is 2.83. The normalized spacial score (nSPS) is 18.2. The minimum absolute atomic E-state index is 0.0313. The predicted molar refractivity (Wildman–Crippen MR) is 122 cm³/mol. The third-order valence-corrected chi connectivity index (χ3v) is 8.38. The van der Waals surface area contributed by atoms with Gasteiger partial charge < -0.3 is 14.4 Å². The second-order valence-corrected chi connectivity index (χ2v) is 10.5. The number of hydrogen-bond donors (Lipinski definition) is 0. The Morgan fingerprint density at radius 2 is 1.69 bits per heavy atom. The number of hydrogen-bond acceptors (Lipinski definition) is 5. The van der Waals surface area contributed by atoms with E-state index in [1.807, 2.05) is 31.2 Å². The highest BCUT2D eigenvalue weighted by atomic mass is 35.5. The highest BCUT2D eigenvalue weighted by Crippen LogP contribution is 2.34. The topological polar surface area (TPSA) is 76.2 Å². The van der Waals surface area contributed by atoms with Gasteiger partial charge in [-0.2, -0.15) is 4.31 Å². The molecule has 2 aromatic carbocycles. The molecule has 7 nitrogen and oxygen atoms in total. The highest BCUT2D eigenvalue weighted by Gasteiger charge is 2.34. The largest absolute Gasteiger partial charge is 0.486 e. The zero-order valence-corrected chi connectivity index (χ0v) is 19.7. The van der Waals surface area contributed by atoms with E-state index in [9.17, 15) is 13.2 Å². The van der Waals surface area contributed by atoms with E-state index in [0.29, 0.717) is 55.7 Å². The van der Waals surface area contributed by atoms with Crippen molar-refractivity contribution < 1.29 is 22.7 Å². The molecule has 0 saturated carbocycles. The van der Waals surface area contributed by atoms with Crippen LogP contribution in [0.5, 0.6) is 11.5 Å². The summed E-state index contributed by atoms with van der Waals surface area (Å²) in [7, 11) is -1.88. The Labute approximate surface area is 193 Å². The molecule has 0 aliphatic carbocycles. The van der Waals surface area contributed by atoms with Gasteiger partial charge in [0.2, 0.25) is 15.9 Å². The standard InChI is InChI=1S/C23H27ClN2O5S/c1-16(17-3-5-19(24)6-4-17)25(2)23(27)18-9-11-26(12-10-18)32(28,29)20-7-8-21-22(15-20)31-14-13-30-21/h3-8,15-16,18H,9-14H2,1-2H3. The summed E-state index contributed by atoms with van der Waals surface area (Å²) in [4.78, 5) is 15.0. The van der Waals surface area contributed by atoms with Crippen LogP contribution in [0, 0.1) is 5.92 Å². The Kier molecular flexibility index (Phi) is 6.65. The first-order valence-corrected chi connectivity index (χ1v) is 12.5. The number of benzene rings is 2. The maximum atomic E-state index is 13.1. The number of sulfonamides is 1. The lowest BCUT2D eigenvalue weighted by atomic mass is 9.95. The van der Waals surface area contributed by atoms with E-state index in [-0.39, 0.29) is 22.8 Å². The minimum atomic E-state index is -3.67. The Morgan fingerprint density at radius 3 is 2.34 bits per heavy atom. The summed E-state index contributed by atoms with van der Waals surface area (Å²) >= 11 is 5.96. The van der Waals surface area contributed by atoms with E-state index >= 15 is 0 Å². The van der Waals surface area contributed by atoms with Crippen molar-refractivity contribution >= 4 is 27.5 Å². The SMILES string of the molecule is CC(c1ccc(Cl)cc1)N(C)C(=O)C1CCN(S(=O)(=O)c2ccc3c(c2)OCCO3)CC1. The van der Waals surface area contributed by atoms with Crippen LogP contribution < -0.4 is 9.47 Å². The number of amides is 1. The zero-order valence-electron chi connectivity index (χ0n) is 18.2. The van der Waals surface area contributed by atoms with E-state index < -0.39 is 10.0 Å². The summed E-state index contributed by atoms with van der Waals surface area (Å²) in [6, 6.07) is 12.0. The van der Waals surface area contributed by atoms with Crippen molar-refractivity contribution in [2.75, 3.05) is 33.4 Å². The molecule has 0 bridgehead atoms. The van der Waals surface area contributed by atoms with Crippen LogP contribution in [0.25, 0.3) is 0 Å². The van der Waals surface area contributed by atoms with Crippen molar-refractivity contribution in [1.82, 2.24) is 9.21 Å². The Balaban J connectivity index is 1.40. The quantitative estimate of drug-likeness (QED) is 0.654. The molecule has 172 valence electrons. The molecular weight excluding hydrogens is 452 g/mol. The maximum absolute atomic E-state index is 13.1. The van der Waals surface area contributed by atoms with Crippen LogP contribution in [-0.4, -0.2) is 56.9 Å². The Bertz CT molecular complexity index is 1080. The number of fused-ring (bicyclic) bond motifs is 1. The predicted octanol–water partition coefficient (Wildman–Crippen LogP) is 3.73. The number of nitrogens with zero attached hydrogens (tertiary/aromatic N) is 2. The molecule has 1 saturated heterocycles. The molecule has 32 heavy (non-hydrogen) atoms. The van der Waals surface area contributed by atoms with Gasteiger partial charge in [-0.3, -0.25) is 4.79 Å². The van der Waals surface area contributed by atoms with E-state index in [1.165, 1.54) is 10.4 Å². The molecule has 1 fully saturated rings. The fourth-order valence-electron chi connectivity index (χ4n) is 4.12. The second-order valence-electron chi connectivity index (χ2n) is 8.16.